The number of hydrogen-bond acceptors (Lipinski definition) is 5. The smallest absolute Gasteiger partial charge is 0.338 e. The molecule has 0 saturated carbocycles. The summed E-state index contributed by atoms with van der Waals surface area (Å²) in [5, 5.41) is 5.05. The molecule has 0 aliphatic heterocycles. The number of esters is 1. The van der Waals surface area contributed by atoms with Gasteiger partial charge in [-0.2, -0.15) is 0 Å². The fourth-order valence-corrected chi connectivity index (χ4v) is 3.39. The van der Waals surface area contributed by atoms with Crippen LogP contribution in [0.2, 0.25) is 0 Å². The van der Waals surface area contributed by atoms with Crippen LogP contribution in [0.5, 0.6) is 0 Å². The maximum atomic E-state index is 12.4. The molecular weight excluding hydrogens is 384 g/mol. The van der Waals surface area contributed by atoms with Gasteiger partial charge in [0, 0.05) is 10.9 Å². The third-order valence-electron chi connectivity index (χ3n) is 4.44. The minimum absolute atomic E-state index is 0.00191. The lowest BCUT2D eigenvalue weighted by Crippen LogP contribution is -2.30. The first kappa shape index (κ1) is 20.7. The fourth-order valence-electron chi connectivity index (χ4n) is 2.67. The third kappa shape index (κ3) is 5.29. The average molecular weight is 409 g/mol. The summed E-state index contributed by atoms with van der Waals surface area (Å²) in [4.78, 5) is 29.2. The second kappa shape index (κ2) is 8.57. The third-order valence-corrected chi connectivity index (χ3v) is 5.20. The van der Waals surface area contributed by atoms with Crippen molar-refractivity contribution in [3.8, 4) is 11.3 Å². The number of carbonyl (C=O) groups excluding carboxylic acids is 2. The Bertz CT molecular complexity index is 989. The second-order valence-electron chi connectivity index (χ2n) is 7.77. The summed E-state index contributed by atoms with van der Waals surface area (Å²) in [5.41, 5.74) is 3.30. The summed E-state index contributed by atoms with van der Waals surface area (Å²) >= 11 is 1.33. The molecule has 0 radical (unpaired) electrons. The number of anilines is 1. The molecule has 0 spiro atoms. The first-order valence-electron chi connectivity index (χ1n) is 9.37. The Morgan fingerprint density at radius 2 is 1.69 bits per heavy atom. The van der Waals surface area contributed by atoms with Crippen LogP contribution in [0.4, 0.5) is 5.13 Å². The molecule has 3 rings (SSSR count). The Balaban J connectivity index is 1.59. The van der Waals surface area contributed by atoms with Gasteiger partial charge in [-0.25, -0.2) is 9.78 Å². The summed E-state index contributed by atoms with van der Waals surface area (Å²) in [7, 11) is 0. The molecule has 0 unspecified atom stereocenters. The van der Waals surface area contributed by atoms with Crippen LogP contribution in [0.15, 0.2) is 60.0 Å². The van der Waals surface area contributed by atoms with E-state index in [9.17, 15) is 9.59 Å². The van der Waals surface area contributed by atoms with Gasteiger partial charge in [0.1, 0.15) is 0 Å². The van der Waals surface area contributed by atoms with E-state index in [1.165, 1.54) is 11.3 Å². The molecule has 150 valence electrons. The predicted octanol–water partition coefficient (Wildman–Crippen LogP) is 5.29. The Kier molecular flexibility index (Phi) is 6.13. The van der Waals surface area contributed by atoms with Crippen molar-refractivity contribution in [2.75, 3.05) is 5.32 Å². The zero-order valence-corrected chi connectivity index (χ0v) is 17.7. The molecule has 6 heteroatoms. The van der Waals surface area contributed by atoms with E-state index in [0.717, 1.165) is 16.8 Å². The van der Waals surface area contributed by atoms with Crippen molar-refractivity contribution in [2.24, 2.45) is 0 Å². The highest BCUT2D eigenvalue weighted by atomic mass is 32.1. The Hall–Kier alpha value is -2.99. The zero-order chi connectivity index (χ0) is 21.0. The van der Waals surface area contributed by atoms with E-state index < -0.39 is 18.0 Å². The quantitative estimate of drug-likeness (QED) is 0.582. The molecule has 0 aliphatic rings. The predicted molar refractivity (Wildman–Crippen MR) is 116 cm³/mol. The highest BCUT2D eigenvalue weighted by Gasteiger charge is 2.21. The largest absolute Gasteiger partial charge is 0.449 e. The van der Waals surface area contributed by atoms with E-state index in [0.29, 0.717) is 10.7 Å². The summed E-state index contributed by atoms with van der Waals surface area (Å²) in [6.45, 7) is 7.86. The molecule has 0 bridgehead atoms. The lowest BCUT2D eigenvalue weighted by Gasteiger charge is -2.19. The summed E-state index contributed by atoms with van der Waals surface area (Å²) in [5.74, 6) is -0.948. The van der Waals surface area contributed by atoms with Crippen LogP contribution >= 0.6 is 11.3 Å². The topological polar surface area (TPSA) is 68.3 Å². The van der Waals surface area contributed by atoms with Crippen LogP contribution in [-0.2, 0) is 14.9 Å². The molecule has 0 aliphatic carbocycles. The summed E-state index contributed by atoms with van der Waals surface area (Å²) < 4.78 is 5.31. The molecule has 1 heterocycles. The SMILES string of the molecule is C[C@@H](OC(=O)c1ccc(C(C)(C)C)cc1)C(=O)Nc1nc(-c2ccccc2)cs1. The van der Waals surface area contributed by atoms with Gasteiger partial charge in [0.25, 0.3) is 5.91 Å². The van der Waals surface area contributed by atoms with Crippen LogP contribution < -0.4 is 5.32 Å². The van der Waals surface area contributed by atoms with Gasteiger partial charge in [-0.1, -0.05) is 63.2 Å². The Labute approximate surface area is 174 Å². The molecule has 29 heavy (non-hydrogen) atoms. The average Bonchev–Trinajstić information content (AvgIpc) is 3.16. The number of nitrogens with one attached hydrogen (secondary N) is 1. The van der Waals surface area contributed by atoms with Crippen LogP contribution in [0, 0.1) is 0 Å². The molecule has 5 nitrogen and oxygen atoms in total. The van der Waals surface area contributed by atoms with Gasteiger partial charge in [-0.05, 0) is 30.0 Å². The number of thiazole rings is 1. The number of nitrogens with zero attached hydrogens (tertiary/aromatic N) is 1. The molecule has 0 saturated heterocycles. The number of carbonyl (C=O) groups is 2. The number of rotatable bonds is 5. The van der Waals surface area contributed by atoms with Crippen molar-refractivity contribution >= 4 is 28.3 Å². The molecule has 1 aromatic heterocycles. The molecular formula is C23H24N2O3S. The van der Waals surface area contributed by atoms with Crippen molar-refractivity contribution in [2.45, 2.75) is 39.2 Å². The summed E-state index contributed by atoms with van der Waals surface area (Å²) in [6.07, 6.45) is -0.936. The fraction of sp³-hybridized carbons (Fsp3) is 0.261. The number of aromatic nitrogens is 1. The normalized spacial score (nSPS) is 12.3. The van der Waals surface area contributed by atoms with Gasteiger partial charge in [-0.15, -0.1) is 11.3 Å². The number of amides is 1. The highest BCUT2D eigenvalue weighted by Crippen LogP contribution is 2.25. The maximum absolute atomic E-state index is 12.4. The van der Waals surface area contributed by atoms with E-state index in [4.69, 9.17) is 4.74 Å². The van der Waals surface area contributed by atoms with Crippen molar-refractivity contribution in [3.05, 3.63) is 71.1 Å². The van der Waals surface area contributed by atoms with Crippen LogP contribution in [0.25, 0.3) is 11.3 Å². The van der Waals surface area contributed by atoms with Gasteiger partial charge in [0.05, 0.1) is 11.3 Å². The van der Waals surface area contributed by atoms with Crippen molar-refractivity contribution in [1.82, 2.24) is 4.98 Å². The van der Waals surface area contributed by atoms with Gasteiger partial charge in [0.15, 0.2) is 11.2 Å². The lowest BCUT2D eigenvalue weighted by molar-refractivity contribution is -0.123. The van der Waals surface area contributed by atoms with Crippen LogP contribution in [-0.4, -0.2) is 23.0 Å². The van der Waals surface area contributed by atoms with E-state index in [1.807, 2.05) is 47.8 Å². The lowest BCUT2D eigenvalue weighted by atomic mass is 9.87. The minimum atomic E-state index is -0.936. The minimum Gasteiger partial charge on any atom is -0.449 e. The Morgan fingerprint density at radius 1 is 1.03 bits per heavy atom. The number of ether oxygens (including phenoxy) is 1. The van der Waals surface area contributed by atoms with E-state index in [2.05, 4.69) is 31.1 Å². The monoisotopic (exact) mass is 408 g/mol. The molecule has 2 aromatic carbocycles. The summed E-state index contributed by atoms with van der Waals surface area (Å²) in [6, 6.07) is 17.0. The van der Waals surface area contributed by atoms with Gasteiger partial charge >= 0.3 is 5.97 Å². The Morgan fingerprint density at radius 3 is 2.31 bits per heavy atom. The number of benzene rings is 2. The molecule has 1 atom stereocenters. The van der Waals surface area contributed by atoms with Crippen molar-refractivity contribution < 1.29 is 14.3 Å². The second-order valence-corrected chi connectivity index (χ2v) is 8.63. The van der Waals surface area contributed by atoms with Gasteiger partial charge < -0.3 is 4.74 Å². The van der Waals surface area contributed by atoms with E-state index in [1.54, 1.807) is 19.1 Å². The first-order chi connectivity index (χ1) is 13.7. The number of hydrogen-bond donors (Lipinski definition) is 1. The van der Waals surface area contributed by atoms with Gasteiger partial charge in [-0.3, -0.25) is 10.1 Å². The molecule has 1 N–H and O–H groups in total. The molecule has 3 aromatic rings. The van der Waals surface area contributed by atoms with Crippen LogP contribution in [0.3, 0.4) is 0 Å². The van der Waals surface area contributed by atoms with Gasteiger partial charge in [0.2, 0.25) is 0 Å². The van der Waals surface area contributed by atoms with E-state index >= 15 is 0 Å². The maximum Gasteiger partial charge on any atom is 0.338 e. The highest BCUT2D eigenvalue weighted by molar-refractivity contribution is 7.14. The molecule has 0 fully saturated rings. The van der Waals surface area contributed by atoms with Crippen molar-refractivity contribution in [3.63, 3.8) is 0 Å². The van der Waals surface area contributed by atoms with Crippen LogP contribution in [0.1, 0.15) is 43.6 Å². The van der Waals surface area contributed by atoms with Crippen molar-refractivity contribution in [1.29, 1.82) is 0 Å². The standard InChI is InChI=1S/C23H24N2O3S/c1-15(28-21(27)17-10-12-18(13-11-17)23(2,3)4)20(26)25-22-24-19(14-29-22)16-8-6-5-7-9-16/h5-15H,1-4H3,(H,24,25,26)/t15-/m1/s1. The zero-order valence-electron chi connectivity index (χ0n) is 16.9. The first-order valence-corrected chi connectivity index (χ1v) is 10.3. The van der Waals surface area contributed by atoms with E-state index in [-0.39, 0.29) is 5.41 Å². The molecule has 1 amide bonds.